The van der Waals surface area contributed by atoms with E-state index in [0.29, 0.717) is 30.6 Å². The molecule has 210 valence electrons. The Hall–Kier alpha value is -3.52. The van der Waals surface area contributed by atoms with E-state index in [-0.39, 0.29) is 24.1 Å². The number of benzene rings is 3. The largest absolute Gasteiger partial charge is 0.322 e. The van der Waals surface area contributed by atoms with Gasteiger partial charge in [-0.1, -0.05) is 60.1 Å². The second kappa shape index (κ2) is 10.7. The summed E-state index contributed by atoms with van der Waals surface area (Å²) in [5.74, 6) is -0.754. The van der Waals surface area contributed by atoms with Crippen molar-refractivity contribution in [1.82, 2.24) is 20.0 Å². The fraction of sp³-hybridized carbons (Fsp3) is 0.364. The van der Waals surface area contributed by atoms with Crippen molar-refractivity contribution in [3.05, 3.63) is 94.0 Å². The van der Waals surface area contributed by atoms with E-state index in [1.54, 1.807) is 4.90 Å². The van der Waals surface area contributed by atoms with Gasteiger partial charge >= 0.3 is 0 Å². The number of carbonyl (C=O) groups is 3. The van der Waals surface area contributed by atoms with Crippen LogP contribution in [0, 0.1) is 0 Å². The third-order valence-corrected chi connectivity index (χ3v) is 9.48. The molecule has 0 aliphatic carbocycles. The molecule has 8 heteroatoms. The molecule has 0 saturated carbocycles. The molecular weight excluding hydrogens is 536 g/mol. The van der Waals surface area contributed by atoms with Crippen LogP contribution < -0.4 is 5.32 Å². The fourth-order valence-electron chi connectivity index (χ4n) is 7.22. The monoisotopic (exact) mass is 568 g/mol. The minimum Gasteiger partial charge on any atom is -0.322 e. The van der Waals surface area contributed by atoms with Gasteiger partial charge < -0.3 is 4.90 Å². The number of imide groups is 1. The summed E-state index contributed by atoms with van der Waals surface area (Å²) in [5.41, 5.74) is 6.65. The van der Waals surface area contributed by atoms with E-state index in [1.165, 1.54) is 35.1 Å². The molecule has 4 aliphatic rings. The number of hydrogen-bond acceptors (Lipinski definition) is 5. The zero-order valence-corrected chi connectivity index (χ0v) is 23.6. The van der Waals surface area contributed by atoms with E-state index in [2.05, 4.69) is 63.6 Å². The summed E-state index contributed by atoms with van der Waals surface area (Å²) in [4.78, 5) is 43.9. The van der Waals surface area contributed by atoms with Gasteiger partial charge in [0, 0.05) is 61.8 Å². The first-order valence-electron chi connectivity index (χ1n) is 14.5. The molecule has 0 aromatic heterocycles. The van der Waals surface area contributed by atoms with Crippen LogP contribution in [-0.4, -0.2) is 63.6 Å². The standard InChI is InChI=1S/C33H33ClN4O3/c34-25-8-6-22(7-9-25)28-4-2-1-3-23(28)17-37-26-10-11-27(37)20-36(19-26)16-21-5-12-29-24(15-21)18-38(33(29)41)30-13-14-31(39)35-32(30)40/h1-9,12,15,26-27,30H,10-11,13-14,16-20H2,(H,35,39,40). The van der Waals surface area contributed by atoms with Gasteiger partial charge in [0.15, 0.2) is 0 Å². The third-order valence-electron chi connectivity index (χ3n) is 9.23. The summed E-state index contributed by atoms with van der Waals surface area (Å²) in [5, 5.41) is 3.13. The quantitative estimate of drug-likeness (QED) is 0.440. The number of piperidine rings is 1. The molecule has 3 fully saturated rings. The number of carbonyl (C=O) groups excluding carboxylic acids is 3. The molecule has 3 aromatic carbocycles. The number of amides is 3. The van der Waals surface area contributed by atoms with Crippen LogP contribution in [0.5, 0.6) is 0 Å². The summed E-state index contributed by atoms with van der Waals surface area (Å²) < 4.78 is 0. The van der Waals surface area contributed by atoms with E-state index >= 15 is 0 Å². The number of piperazine rings is 1. The number of fused-ring (bicyclic) bond motifs is 3. The molecule has 3 atom stereocenters. The first-order chi connectivity index (χ1) is 19.9. The van der Waals surface area contributed by atoms with Gasteiger partial charge in [-0.2, -0.15) is 0 Å². The molecule has 0 spiro atoms. The van der Waals surface area contributed by atoms with Crippen LogP contribution in [0.3, 0.4) is 0 Å². The van der Waals surface area contributed by atoms with Gasteiger partial charge in [-0.3, -0.25) is 29.5 Å². The molecule has 3 saturated heterocycles. The zero-order valence-electron chi connectivity index (χ0n) is 22.9. The van der Waals surface area contributed by atoms with Gasteiger partial charge in [0.1, 0.15) is 6.04 Å². The Morgan fingerprint density at radius 2 is 1.59 bits per heavy atom. The average molecular weight is 569 g/mol. The highest BCUT2D eigenvalue weighted by atomic mass is 35.5. The number of halogens is 1. The molecule has 3 amide bonds. The van der Waals surface area contributed by atoms with Gasteiger partial charge in [0.2, 0.25) is 11.8 Å². The molecule has 1 N–H and O–H groups in total. The van der Waals surface area contributed by atoms with Gasteiger partial charge in [0.05, 0.1) is 0 Å². The lowest BCUT2D eigenvalue weighted by atomic mass is 9.98. The fourth-order valence-corrected chi connectivity index (χ4v) is 7.34. The lowest BCUT2D eigenvalue weighted by molar-refractivity contribution is -0.136. The second-order valence-corrected chi connectivity index (χ2v) is 12.2. The molecular formula is C33H33ClN4O3. The maximum absolute atomic E-state index is 13.1. The molecule has 3 aromatic rings. The van der Waals surface area contributed by atoms with Crippen LogP contribution in [-0.2, 0) is 29.2 Å². The summed E-state index contributed by atoms with van der Waals surface area (Å²) in [6.45, 7) is 4.26. The number of nitrogens with zero attached hydrogens (tertiary/aromatic N) is 3. The highest BCUT2D eigenvalue weighted by Crippen LogP contribution is 2.35. The summed E-state index contributed by atoms with van der Waals surface area (Å²) in [6.07, 6.45) is 3.07. The van der Waals surface area contributed by atoms with Crippen molar-refractivity contribution in [1.29, 1.82) is 0 Å². The normalized spacial score (nSPS) is 24.6. The van der Waals surface area contributed by atoms with Gasteiger partial charge in [-0.15, -0.1) is 0 Å². The summed E-state index contributed by atoms with van der Waals surface area (Å²) in [7, 11) is 0. The second-order valence-electron chi connectivity index (χ2n) is 11.8. The van der Waals surface area contributed by atoms with Crippen molar-refractivity contribution < 1.29 is 14.4 Å². The molecule has 4 aliphatic heterocycles. The van der Waals surface area contributed by atoms with Crippen LogP contribution in [0.2, 0.25) is 5.02 Å². The van der Waals surface area contributed by atoms with Crippen molar-refractivity contribution >= 4 is 29.3 Å². The maximum atomic E-state index is 13.1. The predicted molar refractivity (Wildman–Crippen MR) is 157 cm³/mol. The molecule has 7 nitrogen and oxygen atoms in total. The SMILES string of the molecule is O=C1CCC(N2Cc3cc(CN4CC5CCC(C4)N5Cc4ccccc4-c4ccc(Cl)cc4)ccc3C2=O)C(=O)N1. The highest BCUT2D eigenvalue weighted by Gasteiger charge is 2.41. The Morgan fingerprint density at radius 1 is 0.829 bits per heavy atom. The molecule has 3 unspecified atom stereocenters. The van der Waals surface area contributed by atoms with Crippen molar-refractivity contribution in [2.45, 2.75) is 63.4 Å². The van der Waals surface area contributed by atoms with Crippen LogP contribution in [0.25, 0.3) is 11.1 Å². The summed E-state index contributed by atoms with van der Waals surface area (Å²) >= 11 is 6.14. The van der Waals surface area contributed by atoms with E-state index in [1.807, 2.05) is 18.2 Å². The Labute approximate surface area is 245 Å². The zero-order chi connectivity index (χ0) is 28.1. The van der Waals surface area contributed by atoms with Crippen LogP contribution in [0.15, 0.2) is 66.7 Å². The van der Waals surface area contributed by atoms with Crippen molar-refractivity contribution in [3.63, 3.8) is 0 Å². The lowest BCUT2D eigenvalue weighted by Gasteiger charge is -2.41. The number of hydrogen-bond donors (Lipinski definition) is 1. The van der Waals surface area contributed by atoms with Crippen LogP contribution in [0.4, 0.5) is 0 Å². The van der Waals surface area contributed by atoms with E-state index in [4.69, 9.17) is 11.6 Å². The lowest BCUT2D eigenvalue weighted by Crippen LogP contribution is -2.52. The first kappa shape index (κ1) is 26.4. The molecule has 41 heavy (non-hydrogen) atoms. The minimum atomic E-state index is -0.579. The van der Waals surface area contributed by atoms with E-state index in [0.717, 1.165) is 36.8 Å². The predicted octanol–water partition coefficient (Wildman–Crippen LogP) is 4.62. The van der Waals surface area contributed by atoms with Gasteiger partial charge in [0.25, 0.3) is 5.91 Å². The Morgan fingerprint density at radius 3 is 2.34 bits per heavy atom. The maximum Gasteiger partial charge on any atom is 0.255 e. The van der Waals surface area contributed by atoms with Gasteiger partial charge in [-0.05, 0) is 65.3 Å². The van der Waals surface area contributed by atoms with E-state index in [9.17, 15) is 14.4 Å². The Balaban J connectivity index is 1.02. The van der Waals surface area contributed by atoms with Gasteiger partial charge in [-0.25, -0.2) is 0 Å². The number of likely N-dealkylation sites (tertiary alicyclic amines) is 1. The van der Waals surface area contributed by atoms with Crippen molar-refractivity contribution in [2.75, 3.05) is 13.1 Å². The number of nitrogens with one attached hydrogen (secondary N) is 1. The number of rotatable bonds is 6. The van der Waals surface area contributed by atoms with Crippen molar-refractivity contribution in [3.8, 4) is 11.1 Å². The molecule has 7 rings (SSSR count). The third kappa shape index (κ3) is 5.07. The first-order valence-corrected chi connectivity index (χ1v) is 14.9. The smallest absolute Gasteiger partial charge is 0.255 e. The Bertz CT molecular complexity index is 1510. The highest BCUT2D eigenvalue weighted by molar-refractivity contribution is 6.30. The van der Waals surface area contributed by atoms with Crippen LogP contribution in [0.1, 0.15) is 52.7 Å². The van der Waals surface area contributed by atoms with E-state index < -0.39 is 6.04 Å². The minimum absolute atomic E-state index is 0.119. The molecule has 4 heterocycles. The Kier molecular flexibility index (Phi) is 6.89. The topological polar surface area (TPSA) is 73.0 Å². The molecule has 2 bridgehead atoms. The summed E-state index contributed by atoms with van der Waals surface area (Å²) in [6, 6.07) is 23.4. The van der Waals surface area contributed by atoms with Crippen molar-refractivity contribution in [2.24, 2.45) is 0 Å². The molecule has 0 radical (unpaired) electrons. The van der Waals surface area contributed by atoms with Crippen LogP contribution >= 0.6 is 11.6 Å². The average Bonchev–Trinajstić information content (AvgIpc) is 3.40.